The summed E-state index contributed by atoms with van der Waals surface area (Å²) in [5, 5.41) is 3.86. The summed E-state index contributed by atoms with van der Waals surface area (Å²) in [6.07, 6.45) is 0.0656. The minimum absolute atomic E-state index is 0.0656. The first-order chi connectivity index (χ1) is 13.4. The van der Waals surface area contributed by atoms with E-state index in [0.717, 1.165) is 0 Å². The number of primary amides is 1. The molecule has 28 heavy (non-hydrogen) atoms. The van der Waals surface area contributed by atoms with Gasteiger partial charge in [0.05, 0.1) is 5.92 Å². The number of hydrogen-bond donors (Lipinski definition) is 2. The summed E-state index contributed by atoms with van der Waals surface area (Å²) in [5.41, 5.74) is 6.73. The Morgan fingerprint density at radius 2 is 1.86 bits per heavy atom. The number of hydrogen-bond acceptors (Lipinski definition) is 4. The molecule has 0 bridgehead atoms. The van der Waals surface area contributed by atoms with Gasteiger partial charge in [0, 0.05) is 29.1 Å². The fraction of sp³-hybridized carbons (Fsp3) is 0.150. The Morgan fingerprint density at radius 1 is 1.14 bits per heavy atom. The Morgan fingerprint density at radius 3 is 2.57 bits per heavy atom. The minimum Gasteiger partial charge on any atom is -0.449 e. The Hall–Kier alpha value is -3.32. The number of para-hydroxylation sites is 1. The number of carbonyl (C=O) groups excluding carboxylic acids is 3. The van der Waals surface area contributed by atoms with Crippen LogP contribution in [0.1, 0.15) is 17.0 Å². The number of halogens is 1. The van der Waals surface area contributed by atoms with Crippen molar-refractivity contribution in [2.75, 3.05) is 16.8 Å². The van der Waals surface area contributed by atoms with Gasteiger partial charge in [-0.2, -0.15) is 0 Å². The molecule has 1 aromatic heterocycles. The van der Waals surface area contributed by atoms with E-state index >= 15 is 0 Å². The third kappa shape index (κ3) is 3.20. The fourth-order valence-electron chi connectivity index (χ4n) is 3.32. The molecule has 2 aromatic carbocycles. The summed E-state index contributed by atoms with van der Waals surface area (Å²) < 4.78 is 5.47. The zero-order chi connectivity index (χ0) is 19.8. The van der Waals surface area contributed by atoms with Crippen LogP contribution in [0.3, 0.4) is 0 Å². The van der Waals surface area contributed by atoms with Crippen molar-refractivity contribution in [1.29, 1.82) is 0 Å². The number of carbonyl (C=O) groups is 3. The maximum Gasteiger partial charge on any atom is 0.286 e. The first-order valence-electron chi connectivity index (χ1n) is 8.62. The van der Waals surface area contributed by atoms with Crippen molar-refractivity contribution in [3.63, 3.8) is 0 Å². The lowest BCUT2D eigenvalue weighted by atomic mass is 10.1. The Kier molecular flexibility index (Phi) is 4.52. The van der Waals surface area contributed by atoms with Crippen LogP contribution in [0, 0.1) is 5.92 Å². The molecule has 8 heteroatoms. The molecule has 1 fully saturated rings. The topological polar surface area (TPSA) is 106 Å². The minimum atomic E-state index is -0.781. The second kappa shape index (κ2) is 7.01. The van der Waals surface area contributed by atoms with Crippen molar-refractivity contribution < 1.29 is 18.8 Å². The van der Waals surface area contributed by atoms with Crippen molar-refractivity contribution >= 4 is 51.7 Å². The highest BCUT2D eigenvalue weighted by atomic mass is 35.5. The lowest BCUT2D eigenvalue weighted by Crippen LogP contribution is -2.28. The molecule has 7 nitrogen and oxygen atoms in total. The third-order valence-electron chi connectivity index (χ3n) is 4.70. The highest BCUT2D eigenvalue weighted by Crippen LogP contribution is 2.32. The normalized spacial score (nSPS) is 16.5. The molecule has 2 heterocycles. The van der Waals surface area contributed by atoms with Crippen LogP contribution in [0.15, 0.2) is 52.9 Å². The molecule has 142 valence electrons. The van der Waals surface area contributed by atoms with Crippen molar-refractivity contribution in [2.45, 2.75) is 6.42 Å². The molecule has 1 aliphatic heterocycles. The van der Waals surface area contributed by atoms with Gasteiger partial charge in [0.15, 0.2) is 0 Å². The van der Waals surface area contributed by atoms with Gasteiger partial charge in [0.25, 0.3) is 5.91 Å². The van der Waals surface area contributed by atoms with Crippen LogP contribution in [0.25, 0.3) is 11.0 Å². The average Bonchev–Trinajstić information content (AvgIpc) is 3.24. The Bertz CT molecular complexity index is 1090. The predicted octanol–water partition coefficient (Wildman–Crippen LogP) is 3.18. The average molecular weight is 398 g/mol. The van der Waals surface area contributed by atoms with Gasteiger partial charge in [-0.1, -0.05) is 23.7 Å². The van der Waals surface area contributed by atoms with Crippen LogP contribution in [0.4, 0.5) is 11.4 Å². The first-order valence-corrected chi connectivity index (χ1v) is 9.00. The maximum absolute atomic E-state index is 12.8. The van der Waals surface area contributed by atoms with Crippen LogP contribution in [-0.2, 0) is 9.59 Å². The van der Waals surface area contributed by atoms with E-state index < -0.39 is 11.8 Å². The maximum atomic E-state index is 12.8. The van der Waals surface area contributed by atoms with Gasteiger partial charge in [-0.25, -0.2) is 0 Å². The molecule has 1 unspecified atom stereocenters. The highest BCUT2D eigenvalue weighted by molar-refractivity contribution is 6.30. The number of nitrogens with two attached hydrogens (primary N) is 1. The molecule has 0 radical (unpaired) electrons. The fourth-order valence-corrected chi connectivity index (χ4v) is 3.45. The number of benzene rings is 2. The predicted molar refractivity (Wildman–Crippen MR) is 105 cm³/mol. The number of anilines is 2. The number of nitrogens with one attached hydrogen (secondary N) is 1. The number of rotatable bonds is 4. The zero-order valence-electron chi connectivity index (χ0n) is 14.6. The van der Waals surface area contributed by atoms with E-state index in [9.17, 15) is 14.4 Å². The van der Waals surface area contributed by atoms with Crippen molar-refractivity contribution in [3.8, 4) is 0 Å². The molecule has 3 aromatic rings. The molecule has 1 atom stereocenters. The van der Waals surface area contributed by atoms with Gasteiger partial charge in [-0.15, -0.1) is 0 Å². The molecular weight excluding hydrogens is 382 g/mol. The first kappa shape index (κ1) is 18.1. The van der Waals surface area contributed by atoms with Crippen LogP contribution in [-0.4, -0.2) is 24.3 Å². The second-order valence-corrected chi connectivity index (χ2v) is 6.97. The van der Waals surface area contributed by atoms with Gasteiger partial charge in [0.1, 0.15) is 11.3 Å². The van der Waals surface area contributed by atoms with E-state index in [1.807, 2.05) is 0 Å². The Labute approximate surface area is 165 Å². The lowest BCUT2D eigenvalue weighted by Gasteiger charge is -2.16. The number of furan rings is 1. The summed E-state index contributed by atoms with van der Waals surface area (Å²) in [5.74, 6) is -2.00. The monoisotopic (exact) mass is 397 g/mol. The van der Waals surface area contributed by atoms with Gasteiger partial charge in [0.2, 0.25) is 17.6 Å². The third-order valence-corrected chi connectivity index (χ3v) is 4.95. The largest absolute Gasteiger partial charge is 0.449 e. The molecule has 0 spiro atoms. The van der Waals surface area contributed by atoms with E-state index in [4.69, 9.17) is 21.8 Å². The molecule has 1 aliphatic rings. The van der Waals surface area contributed by atoms with Gasteiger partial charge in [-0.05, 0) is 36.4 Å². The summed E-state index contributed by atoms with van der Waals surface area (Å²) in [6, 6.07) is 13.8. The molecule has 0 aliphatic carbocycles. The summed E-state index contributed by atoms with van der Waals surface area (Å²) >= 11 is 5.89. The number of amides is 3. The summed E-state index contributed by atoms with van der Waals surface area (Å²) in [4.78, 5) is 38.4. The number of fused-ring (bicyclic) bond motifs is 1. The SMILES string of the molecule is NC(=O)c1oc2ccccc2c1NC(=O)C1CC(=O)N(c2ccc(Cl)cc2)C1. The van der Waals surface area contributed by atoms with E-state index in [-0.39, 0.29) is 36.2 Å². The van der Waals surface area contributed by atoms with Crippen LogP contribution in [0.5, 0.6) is 0 Å². The summed E-state index contributed by atoms with van der Waals surface area (Å²) in [6.45, 7) is 0.230. The van der Waals surface area contributed by atoms with Gasteiger partial charge in [-0.3, -0.25) is 14.4 Å². The van der Waals surface area contributed by atoms with Crippen LogP contribution >= 0.6 is 11.6 Å². The molecular formula is C20H16ClN3O4. The van der Waals surface area contributed by atoms with E-state index in [2.05, 4.69) is 5.32 Å². The van der Waals surface area contributed by atoms with Crippen molar-refractivity contribution in [1.82, 2.24) is 0 Å². The molecule has 3 amide bonds. The van der Waals surface area contributed by atoms with Crippen LogP contribution in [0.2, 0.25) is 5.02 Å². The van der Waals surface area contributed by atoms with E-state index in [1.54, 1.807) is 53.4 Å². The molecule has 1 saturated heterocycles. The zero-order valence-corrected chi connectivity index (χ0v) is 15.4. The molecule has 0 saturated carbocycles. The van der Waals surface area contributed by atoms with E-state index in [0.29, 0.717) is 21.7 Å². The molecule has 3 N–H and O–H groups in total. The quantitative estimate of drug-likeness (QED) is 0.705. The smallest absolute Gasteiger partial charge is 0.286 e. The van der Waals surface area contributed by atoms with Gasteiger partial charge < -0.3 is 20.4 Å². The lowest BCUT2D eigenvalue weighted by molar-refractivity contribution is -0.122. The molecule has 4 rings (SSSR count). The van der Waals surface area contributed by atoms with Crippen molar-refractivity contribution in [2.24, 2.45) is 11.7 Å². The number of nitrogens with zero attached hydrogens (tertiary/aromatic N) is 1. The highest BCUT2D eigenvalue weighted by Gasteiger charge is 2.36. The van der Waals surface area contributed by atoms with E-state index in [1.165, 1.54) is 0 Å². The van der Waals surface area contributed by atoms with Gasteiger partial charge >= 0.3 is 0 Å². The second-order valence-electron chi connectivity index (χ2n) is 6.54. The summed E-state index contributed by atoms with van der Waals surface area (Å²) in [7, 11) is 0. The van der Waals surface area contributed by atoms with Crippen molar-refractivity contribution in [3.05, 3.63) is 59.3 Å². The Balaban J connectivity index is 1.57. The standard InChI is InChI=1S/C20H16ClN3O4/c21-12-5-7-13(8-6-12)24-10-11(9-16(24)25)20(27)23-17-14-3-1-2-4-15(14)28-18(17)19(22)26/h1-8,11H,9-10H2,(H2,22,26)(H,23,27). The van der Waals surface area contributed by atoms with Crippen LogP contribution < -0.4 is 16.0 Å².